The number of fused-ring (bicyclic) bond motifs is 1. The maximum absolute atomic E-state index is 5.07. The summed E-state index contributed by atoms with van der Waals surface area (Å²) in [6.07, 6.45) is 4.01. The van der Waals surface area contributed by atoms with E-state index in [2.05, 4.69) is 82.2 Å². The number of para-hydroxylation sites is 1. The molecule has 4 nitrogen and oxygen atoms in total. The second kappa shape index (κ2) is 6.32. The van der Waals surface area contributed by atoms with Gasteiger partial charge in [-0.3, -0.25) is 9.98 Å². The van der Waals surface area contributed by atoms with E-state index in [-0.39, 0.29) is 12.1 Å². The van der Waals surface area contributed by atoms with Crippen LogP contribution in [0.3, 0.4) is 0 Å². The number of hydrogen-bond donors (Lipinski definition) is 0. The average Bonchev–Trinajstić information content (AvgIpc) is 3.37. The molecule has 0 radical (unpaired) electrons. The van der Waals surface area contributed by atoms with Gasteiger partial charge in [0.25, 0.3) is 0 Å². The molecule has 0 saturated carbocycles. The first kappa shape index (κ1) is 15.7. The first-order valence-corrected chi connectivity index (χ1v) is 9.84. The maximum atomic E-state index is 5.07. The molecule has 0 bridgehead atoms. The minimum Gasteiger partial charge on any atom is -0.339 e. The predicted octanol–water partition coefficient (Wildman–Crippen LogP) is 4.46. The fraction of sp³-hybridized carbons (Fsp3) is 0.238. The molecule has 0 spiro atoms. The van der Waals surface area contributed by atoms with Crippen molar-refractivity contribution in [2.24, 2.45) is 4.99 Å². The lowest BCUT2D eigenvalue weighted by Gasteiger charge is -2.28. The van der Waals surface area contributed by atoms with Crippen LogP contribution in [0.15, 0.2) is 78.0 Å². The fourth-order valence-corrected chi connectivity index (χ4v) is 4.99. The van der Waals surface area contributed by atoms with Crippen LogP contribution in [0.2, 0.25) is 0 Å². The zero-order valence-electron chi connectivity index (χ0n) is 14.6. The normalized spacial score (nSPS) is 24.6. The summed E-state index contributed by atoms with van der Waals surface area (Å²) in [4.78, 5) is 12.2. The number of aromatic nitrogens is 2. The zero-order valence-corrected chi connectivity index (χ0v) is 15.4. The van der Waals surface area contributed by atoms with Crippen LogP contribution >= 0.6 is 11.8 Å². The molecule has 0 aliphatic carbocycles. The SMILES string of the molecule is C[C@@H]1CN2C(=N[C@@H](c3ccccn3)[C@@H]2c2cccn2-c2ccccc2)S1. The van der Waals surface area contributed by atoms with Crippen molar-refractivity contribution in [1.82, 2.24) is 14.5 Å². The smallest absolute Gasteiger partial charge is 0.160 e. The molecule has 2 aliphatic rings. The third kappa shape index (κ3) is 2.54. The Morgan fingerprint density at radius 3 is 2.65 bits per heavy atom. The lowest BCUT2D eigenvalue weighted by Crippen LogP contribution is -2.30. The second-order valence-electron chi connectivity index (χ2n) is 6.78. The van der Waals surface area contributed by atoms with E-state index in [4.69, 9.17) is 4.99 Å². The molecule has 1 saturated heterocycles. The molecule has 5 rings (SSSR count). The molecule has 0 amide bonds. The molecule has 0 unspecified atom stereocenters. The molecule has 2 aliphatic heterocycles. The zero-order chi connectivity index (χ0) is 17.5. The number of benzene rings is 1. The standard InChI is InChI=1S/C21H20N4S/c1-15-14-25-20(18-11-7-13-24(18)16-8-3-2-4-9-16)19(23-21(25)26-15)17-10-5-6-12-22-17/h2-13,15,19-20H,14H2,1H3/t15-,19+,20+/m1/s1. The van der Waals surface area contributed by atoms with Crippen LogP contribution in [0, 0.1) is 0 Å². The second-order valence-corrected chi connectivity index (χ2v) is 8.18. The minimum absolute atomic E-state index is 0.0311. The van der Waals surface area contributed by atoms with Crippen LogP contribution in [-0.2, 0) is 0 Å². The van der Waals surface area contributed by atoms with Gasteiger partial charge in [0.05, 0.1) is 11.7 Å². The van der Waals surface area contributed by atoms with Crippen molar-refractivity contribution in [2.75, 3.05) is 6.54 Å². The summed E-state index contributed by atoms with van der Waals surface area (Å²) in [5.74, 6) is 0. The van der Waals surface area contributed by atoms with Crippen LogP contribution < -0.4 is 0 Å². The van der Waals surface area contributed by atoms with Gasteiger partial charge >= 0.3 is 0 Å². The van der Waals surface area contributed by atoms with Gasteiger partial charge in [-0.25, -0.2) is 0 Å². The van der Waals surface area contributed by atoms with E-state index in [0.29, 0.717) is 5.25 Å². The number of amidine groups is 1. The fourth-order valence-electron chi connectivity index (χ4n) is 3.90. The van der Waals surface area contributed by atoms with Crippen molar-refractivity contribution >= 4 is 16.9 Å². The first-order chi connectivity index (χ1) is 12.8. The summed E-state index contributed by atoms with van der Waals surface area (Å²) >= 11 is 1.88. The molecule has 3 aromatic rings. The van der Waals surface area contributed by atoms with E-state index in [1.54, 1.807) is 0 Å². The minimum atomic E-state index is 0.0311. The molecular weight excluding hydrogens is 340 g/mol. The van der Waals surface area contributed by atoms with Crippen LogP contribution in [0.4, 0.5) is 0 Å². The quantitative estimate of drug-likeness (QED) is 0.691. The first-order valence-electron chi connectivity index (χ1n) is 8.96. The molecule has 26 heavy (non-hydrogen) atoms. The third-order valence-electron chi connectivity index (χ3n) is 5.00. The number of aliphatic imine (C=N–C) groups is 1. The molecular formula is C21H20N4S. The van der Waals surface area contributed by atoms with Gasteiger partial charge in [0.15, 0.2) is 5.17 Å². The Morgan fingerprint density at radius 1 is 1.00 bits per heavy atom. The number of hydrogen-bond acceptors (Lipinski definition) is 4. The summed E-state index contributed by atoms with van der Waals surface area (Å²) < 4.78 is 2.28. The number of nitrogens with zero attached hydrogens (tertiary/aromatic N) is 4. The van der Waals surface area contributed by atoms with Crippen molar-refractivity contribution in [1.29, 1.82) is 0 Å². The highest BCUT2D eigenvalue weighted by molar-refractivity contribution is 8.14. The number of rotatable bonds is 3. The predicted molar refractivity (Wildman–Crippen MR) is 107 cm³/mol. The topological polar surface area (TPSA) is 33.4 Å². The number of pyridine rings is 1. The average molecular weight is 360 g/mol. The highest BCUT2D eigenvalue weighted by Gasteiger charge is 2.44. The van der Waals surface area contributed by atoms with Gasteiger partial charge in [0.2, 0.25) is 0 Å². The summed E-state index contributed by atoms with van der Waals surface area (Å²) in [5.41, 5.74) is 3.48. The van der Waals surface area contributed by atoms with E-state index in [1.165, 1.54) is 11.4 Å². The largest absolute Gasteiger partial charge is 0.339 e. The Labute approximate surface area is 157 Å². The van der Waals surface area contributed by atoms with E-state index in [9.17, 15) is 0 Å². The number of thioether (sulfide) groups is 1. The van der Waals surface area contributed by atoms with Gasteiger partial charge in [0, 0.05) is 35.6 Å². The Bertz CT molecular complexity index is 935. The van der Waals surface area contributed by atoms with Crippen molar-refractivity contribution in [2.45, 2.75) is 24.3 Å². The Kier molecular flexibility index (Phi) is 3.82. The van der Waals surface area contributed by atoms with Crippen molar-refractivity contribution in [3.63, 3.8) is 0 Å². The molecule has 1 aromatic carbocycles. The van der Waals surface area contributed by atoms with Gasteiger partial charge in [-0.15, -0.1) is 0 Å². The highest BCUT2D eigenvalue weighted by atomic mass is 32.2. The molecule has 2 aromatic heterocycles. The summed E-state index contributed by atoms with van der Waals surface area (Å²) in [7, 11) is 0. The Morgan fingerprint density at radius 2 is 1.85 bits per heavy atom. The maximum Gasteiger partial charge on any atom is 0.160 e. The molecule has 130 valence electrons. The van der Waals surface area contributed by atoms with Crippen molar-refractivity contribution < 1.29 is 0 Å². The third-order valence-corrected chi connectivity index (χ3v) is 6.10. The molecule has 4 heterocycles. The highest BCUT2D eigenvalue weighted by Crippen LogP contribution is 2.47. The van der Waals surface area contributed by atoms with Crippen LogP contribution in [0.25, 0.3) is 5.69 Å². The van der Waals surface area contributed by atoms with Gasteiger partial charge in [-0.2, -0.15) is 0 Å². The summed E-state index contributed by atoms with van der Waals surface area (Å²) in [6, 6.07) is 21.2. The lowest BCUT2D eigenvalue weighted by atomic mass is 10.0. The molecule has 3 atom stereocenters. The van der Waals surface area contributed by atoms with E-state index in [1.807, 2.05) is 24.0 Å². The summed E-state index contributed by atoms with van der Waals surface area (Å²) in [6.45, 7) is 3.30. The van der Waals surface area contributed by atoms with Crippen molar-refractivity contribution in [3.8, 4) is 5.69 Å². The molecule has 1 fully saturated rings. The summed E-state index contributed by atoms with van der Waals surface area (Å²) in [5, 5.41) is 1.72. The van der Waals surface area contributed by atoms with Gasteiger partial charge in [0.1, 0.15) is 6.04 Å². The monoisotopic (exact) mass is 360 g/mol. The van der Waals surface area contributed by atoms with E-state index >= 15 is 0 Å². The van der Waals surface area contributed by atoms with Crippen molar-refractivity contribution in [3.05, 3.63) is 84.4 Å². The van der Waals surface area contributed by atoms with E-state index < -0.39 is 0 Å². The van der Waals surface area contributed by atoms with Gasteiger partial charge in [-0.1, -0.05) is 43.0 Å². The van der Waals surface area contributed by atoms with Gasteiger partial charge in [-0.05, 0) is 36.4 Å². The van der Waals surface area contributed by atoms with Crippen LogP contribution in [0.5, 0.6) is 0 Å². The van der Waals surface area contributed by atoms with Crippen LogP contribution in [-0.4, -0.2) is 31.4 Å². The van der Waals surface area contributed by atoms with Crippen LogP contribution in [0.1, 0.15) is 30.4 Å². The van der Waals surface area contributed by atoms with Gasteiger partial charge < -0.3 is 9.47 Å². The Hall–Kier alpha value is -2.53. The lowest BCUT2D eigenvalue weighted by molar-refractivity contribution is 0.312. The van der Waals surface area contributed by atoms with E-state index in [0.717, 1.165) is 17.4 Å². The Balaban J connectivity index is 1.62. The molecule has 5 heteroatoms. The molecule has 0 N–H and O–H groups in total.